The Balaban J connectivity index is 2.50. The average molecular weight is 215 g/mol. The molecule has 0 spiro atoms. The van der Waals surface area contributed by atoms with Crippen molar-refractivity contribution in [3.8, 4) is 11.3 Å². The first-order valence-electron chi connectivity index (χ1n) is 5.52. The van der Waals surface area contributed by atoms with Crippen molar-refractivity contribution >= 4 is 0 Å². The molecule has 0 fully saturated rings. The SMILES string of the molecule is Cc1c(C(C)(C)C)noc1-c1ccccc1. The van der Waals surface area contributed by atoms with E-state index in [1.165, 1.54) is 0 Å². The summed E-state index contributed by atoms with van der Waals surface area (Å²) in [5, 5.41) is 4.19. The van der Waals surface area contributed by atoms with Gasteiger partial charge < -0.3 is 4.52 Å². The highest BCUT2D eigenvalue weighted by Gasteiger charge is 2.23. The highest BCUT2D eigenvalue weighted by molar-refractivity contribution is 5.61. The number of nitrogens with zero attached hydrogens (tertiary/aromatic N) is 1. The lowest BCUT2D eigenvalue weighted by Gasteiger charge is -2.14. The standard InChI is InChI=1S/C14H17NO/c1-10-12(11-8-6-5-7-9-11)16-15-13(10)14(2,3)4/h5-9H,1-4H3. The first-order chi connectivity index (χ1) is 7.50. The molecular formula is C14H17NO. The monoisotopic (exact) mass is 215 g/mol. The highest BCUT2D eigenvalue weighted by atomic mass is 16.5. The summed E-state index contributed by atoms with van der Waals surface area (Å²) in [6.45, 7) is 8.51. The lowest BCUT2D eigenvalue weighted by molar-refractivity contribution is 0.402. The summed E-state index contributed by atoms with van der Waals surface area (Å²) in [6, 6.07) is 10.1. The molecule has 0 aliphatic heterocycles. The van der Waals surface area contributed by atoms with Crippen molar-refractivity contribution in [3.05, 3.63) is 41.6 Å². The molecule has 0 amide bonds. The third-order valence-electron chi connectivity index (χ3n) is 2.67. The van der Waals surface area contributed by atoms with E-state index in [2.05, 4.69) is 32.9 Å². The van der Waals surface area contributed by atoms with Gasteiger partial charge in [0.05, 0.1) is 5.69 Å². The van der Waals surface area contributed by atoms with Gasteiger partial charge in [0.15, 0.2) is 5.76 Å². The van der Waals surface area contributed by atoms with Crippen molar-refractivity contribution in [3.63, 3.8) is 0 Å². The van der Waals surface area contributed by atoms with E-state index < -0.39 is 0 Å². The predicted octanol–water partition coefficient (Wildman–Crippen LogP) is 3.95. The van der Waals surface area contributed by atoms with E-state index in [-0.39, 0.29) is 5.41 Å². The minimum atomic E-state index is 0.0284. The smallest absolute Gasteiger partial charge is 0.170 e. The van der Waals surface area contributed by atoms with Gasteiger partial charge in [-0.1, -0.05) is 56.3 Å². The van der Waals surface area contributed by atoms with Gasteiger partial charge in [-0.3, -0.25) is 0 Å². The molecule has 0 saturated heterocycles. The Bertz CT molecular complexity index is 477. The first-order valence-corrected chi connectivity index (χ1v) is 5.52. The summed E-state index contributed by atoms with van der Waals surface area (Å²) >= 11 is 0. The number of aromatic nitrogens is 1. The minimum absolute atomic E-state index is 0.0284. The Labute approximate surface area is 96.3 Å². The third kappa shape index (κ3) is 1.87. The van der Waals surface area contributed by atoms with Gasteiger partial charge in [0, 0.05) is 16.5 Å². The van der Waals surface area contributed by atoms with Crippen LogP contribution >= 0.6 is 0 Å². The van der Waals surface area contributed by atoms with Gasteiger partial charge in [-0.15, -0.1) is 0 Å². The third-order valence-corrected chi connectivity index (χ3v) is 2.67. The second kappa shape index (κ2) is 3.78. The van der Waals surface area contributed by atoms with Crippen LogP contribution in [0.5, 0.6) is 0 Å². The molecule has 2 aromatic rings. The predicted molar refractivity (Wildman–Crippen MR) is 65.4 cm³/mol. The fourth-order valence-corrected chi connectivity index (χ4v) is 1.89. The van der Waals surface area contributed by atoms with E-state index in [0.29, 0.717) is 0 Å². The molecule has 0 bridgehead atoms. The van der Waals surface area contributed by atoms with Gasteiger partial charge in [0.1, 0.15) is 0 Å². The van der Waals surface area contributed by atoms with Gasteiger partial charge >= 0.3 is 0 Å². The maximum absolute atomic E-state index is 5.46. The lowest BCUT2D eigenvalue weighted by atomic mass is 9.88. The van der Waals surface area contributed by atoms with Gasteiger partial charge in [0.2, 0.25) is 0 Å². The van der Waals surface area contributed by atoms with E-state index in [1.807, 2.05) is 30.3 Å². The van der Waals surface area contributed by atoms with Crippen LogP contribution in [0.25, 0.3) is 11.3 Å². The molecule has 0 aliphatic rings. The lowest BCUT2D eigenvalue weighted by Crippen LogP contribution is -2.12. The van der Waals surface area contributed by atoms with Crippen LogP contribution in [0.2, 0.25) is 0 Å². The Morgan fingerprint density at radius 3 is 2.19 bits per heavy atom. The van der Waals surface area contributed by atoms with Crippen LogP contribution in [0.3, 0.4) is 0 Å². The second-order valence-electron chi connectivity index (χ2n) is 5.10. The quantitative estimate of drug-likeness (QED) is 0.720. The summed E-state index contributed by atoms with van der Waals surface area (Å²) in [6.07, 6.45) is 0. The summed E-state index contributed by atoms with van der Waals surface area (Å²) < 4.78 is 5.46. The zero-order chi connectivity index (χ0) is 11.8. The molecule has 84 valence electrons. The van der Waals surface area contributed by atoms with Gasteiger partial charge in [0.25, 0.3) is 0 Å². The molecule has 0 saturated carbocycles. The van der Waals surface area contributed by atoms with Crippen molar-refractivity contribution in [2.24, 2.45) is 0 Å². The van der Waals surface area contributed by atoms with Crippen LogP contribution in [0, 0.1) is 6.92 Å². The Kier molecular flexibility index (Phi) is 2.58. The molecule has 1 aromatic carbocycles. The van der Waals surface area contributed by atoms with Crippen LogP contribution in [0.15, 0.2) is 34.9 Å². The topological polar surface area (TPSA) is 26.0 Å². The molecule has 1 heterocycles. The van der Waals surface area contributed by atoms with E-state index in [0.717, 1.165) is 22.6 Å². The molecule has 0 atom stereocenters. The molecule has 0 aliphatic carbocycles. The van der Waals surface area contributed by atoms with E-state index in [9.17, 15) is 0 Å². The average Bonchev–Trinajstić information content (AvgIpc) is 2.61. The molecular weight excluding hydrogens is 198 g/mol. The largest absolute Gasteiger partial charge is 0.356 e. The molecule has 2 heteroatoms. The highest BCUT2D eigenvalue weighted by Crippen LogP contribution is 2.31. The summed E-state index contributed by atoms with van der Waals surface area (Å²) in [7, 11) is 0. The maximum Gasteiger partial charge on any atom is 0.170 e. The normalized spacial score (nSPS) is 11.8. The molecule has 2 rings (SSSR count). The van der Waals surface area contributed by atoms with Crippen LogP contribution in [0.4, 0.5) is 0 Å². The molecule has 0 radical (unpaired) electrons. The van der Waals surface area contributed by atoms with Gasteiger partial charge in [-0.05, 0) is 6.92 Å². The summed E-state index contributed by atoms with van der Waals surface area (Å²) in [5.41, 5.74) is 3.29. The number of benzene rings is 1. The van der Waals surface area contributed by atoms with Crippen molar-refractivity contribution in [1.29, 1.82) is 0 Å². The fraction of sp³-hybridized carbons (Fsp3) is 0.357. The molecule has 2 nitrogen and oxygen atoms in total. The van der Waals surface area contributed by atoms with Crippen molar-refractivity contribution in [2.75, 3.05) is 0 Å². The molecule has 16 heavy (non-hydrogen) atoms. The van der Waals surface area contributed by atoms with Crippen molar-refractivity contribution in [2.45, 2.75) is 33.1 Å². The Hall–Kier alpha value is -1.57. The number of rotatable bonds is 1. The summed E-state index contributed by atoms with van der Waals surface area (Å²) in [4.78, 5) is 0. The van der Waals surface area contributed by atoms with Gasteiger partial charge in [-0.2, -0.15) is 0 Å². The molecule has 0 N–H and O–H groups in total. The van der Waals surface area contributed by atoms with E-state index in [4.69, 9.17) is 4.52 Å². The molecule has 0 unspecified atom stereocenters. The van der Waals surface area contributed by atoms with E-state index >= 15 is 0 Å². The Morgan fingerprint density at radius 1 is 1.06 bits per heavy atom. The van der Waals surface area contributed by atoms with Crippen LogP contribution < -0.4 is 0 Å². The second-order valence-corrected chi connectivity index (χ2v) is 5.10. The number of hydrogen-bond acceptors (Lipinski definition) is 2. The Morgan fingerprint density at radius 2 is 1.69 bits per heavy atom. The minimum Gasteiger partial charge on any atom is -0.356 e. The van der Waals surface area contributed by atoms with Gasteiger partial charge in [-0.25, -0.2) is 0 Å². The summed E-state index contributed by atoms with van der Waals surface area (Å²) in [5.74, 6) is 0.880. The maximum atomic E-state index is 5.46. The van der Waals surface area contributed by atoms with Crippen LogP contribution in [-0.4, -0.2) is 5.16 Å². The van der Waals surface area contributed by atoms with Crippen LogP contribution in [0.1, 0.15) is 32.0 Å². The molecule has 1 aromatic heterocycles. The zero-order valence-electron chi connectivity index (χ0n) is 10.2. The fourth-order valence-electron chi connectivity index (χ4n) is 1.89. The van der Waals surface area contributed by atoms with Crippen molar-refractivity contribution < 1.29 is 4.52 Å². The number of hydrogen-bond donors (Lipinski definition) is 0. The zero-order valence-corrected chi connectivity index (χ0v) is 10.2. The first kappa shape index (κ1) is 10.9. The van der Waals surface area contributed by atoms with Crippen LogP contribution in [-0.2, 0) is 5.41 Å². The van der Waals surface area contributed by atoms with Crippen molar-refractivity contribution in [1.82, 2.24) is 5.16 Å². The van der Waals surface area contributed by atoms with E-state index in [1.54, 1.807) is 0 Å².